The van der Waals surface area contributed by atoms with Crippen molar-refractivity contribution in [2.24, 2.45) is 11.8 Å². The minimum atomic E-state index is -0.180. The van der Waals surface area contributed by atoms with E-state index in [9.17, 15) is 9.59 Å². The Morgan fingerprint density at radius 1 is 1.12 bits per heavy atom. The number of rotatable bonds is 10. The van der Waals surface area contributed by atoms with Crippen molar-refractivity contribution in [1.82, 2.24) is 10.2 Å². The van der Waals surface area contributed by atoms with Crippen molar-refractivity contribution in [3.05, 3.63) is 59.7 Å². The van der Waals surface area contributed by atoms with E-state index in [1.165, 1.54) is 0 Å². The van der Waals surface area contributed by atoms with Gasteiger partial charge in [-0.05, 0) is 68.1 Å². The van der Waals surface area contributed by atoms with Gasteiger partial charge in [0, 0.05) is 49.5 Å². The first-order valence-electron chi connectivity index (χ1n) is 12.2. The van der Waals surface area contributed by atoms with Gasteiger partial charge in [-0.1, -0.05) is 25.1 Å². The summed E-state index contributed by atoms with van der Waals surface area (Å²) in [6.07, 6.45) is 3.07. The van der Waals surface area contributed by atoms with Gasteiger partial charge in [-0.3, -0.25) is 14.5 Å². The first kappa shape index (κ1) is 24.2. The molecule has 2 unspecified atom stereocenters. The van der Waals surface area contributed by atoms with E-state index in [0.717, 1.165) is 50.3 Å². The van der Waals surface area contributed by atoms with Gasteiger partial charge in [0.1, 0.15) is 12.4 Å². The molecule has 2 N–H and O–H groups in total. The lowest BCUT2D eigenvalue weighted by Crippen LogP contribution is -2.38. The number of carbonyl (C=O) groups excluding carboxylic acids is 2. The molecular formula is C27H35N3O4. The molecule has 2 aromatic carbocycles. The Morgan fingerprint density at radius 2 is 1.88 bits per heavy atom. The number of nitrogens with one attached hydrogen (secondary N) is 2. The number of likely N-dealkylation sites (N-methyl/N-ethyl adjacent to an activating group) is 1. The highest BCUT2D eigenvalue weighted by Crippen LogP contribution is 2.38. The number of anilines is 1. The van der Waals surface area contributed by atoms with Crippen LogP contribution in [0.5, 0.6) is 5.75 Å². The zero-order valence-corrected chi connectivity index (χ0v) is 20.1. The molecule has 1 saturated carbocycles. The van der Waals surface area contributed by atoms with Crippen LogP contribution in [0.2, 0.25) is 0 Å². The molecule has 0 bridgehead atoms. The van der Waals surface area contributed by atoms with Crippen molar-refractivity contribution >= 4 is 17.5 Å². The first-order valence-corrected chi connectivity index (χ1v) is 12.2. The van der Waals surface area contributed by atoms with E-state index in [4.69, 9.17) is 9.47 Å². The van der Waals surface area contributed by atoms with Gasteiger partial charge in [-0.2, -0.15) is 0 Å². The second kappa shape index (κ2) is 11.5. The Bertz CT molecular complexity index is 989. The van der Waals surface area contributed by atoms with Crippen LogP contribution in [0, 0.1) is 11.8 Å². The second-order valence-corrected chi connectivity index (χ2v) is 9.39. The summed E-state index contributed by atoms with van der Waals surface area (Å²) in [7, 11) is 2.14. The highest BCUT2D eigenvalue weighted by Gasteiger charge is 2.39. The molecule has 0 spiro atoms. The van der Waals surface area contributed by atoms with E-state index < -0.39 is 0 Å². The van der Waals surface area contributed by atoms with Crippen molar-refractivity contribution in [1.29, 1.82) is 0 Å². The maximum atomic E-state index is 12.7. The van der Waals surface area contributed by atoms with Gasteiger partial charge < -0.3 is 20.1 Å². The molecule has 1 aliphatic carbocycles. The molecule has 7 heteroatoms. The molecule has 1 saturated heterocycles. The molecule has 0 aromatic heterocycles. The average Bonchev–Trinajstić information content (AvgIpc) is 3.60. The number of nitrogens with zero attached hydrogens (tertiary/aromatic N) is 1. The van der Waals surface area contributed by atoms with Crippen molar-refractivity contribution in [3.63, 3.8) is 0 Å². The third-order valence-electron chi connectivity index (χ3n) is 6.72. The number of hydrogen-bond donors (Lipinski definition) is 2. The van der Waals surface area contributed by atoms with Crippen molar-refractivity contribution in [2.45, 2.75) is 38.8 Å². The third kappa shape index (κ3) is 6.81. The molecule has 34 heavy (non-hydrogen) atoms. The van der Waals surface area contributed by atoms with E-state index >= 15 is 0 Å². The van der Waals surface area contributed by atoms with Gasteiger partial charge in [-0.15, -0.1) is 0 Å². The van der Waals surface area contributed by atoms with Crippen LogP contribution >= 0.6 is 0 Å². The Kier molecular flexibility index (Phi) is 8.19. The highest BCUT2D eigenvalue weighted by atomic mass is 16.5. The van der Waals surface area contributed by atoms with Crippen LogP contribution in [0.25, 0.3) is 0 Å². The molecule has 2 amide bonds. The van der Waals surface area contributed by atoms with E-state index in [0.29, 0.717) is 36.4 Å². The Hall–Kier alpha value is -2.90. The van der Waals surface area contributed by atoms with Crippen LogP contribution in [-0.4, -0.2) is 56.2 Å². The topological polar surface area (TPSA) is 79.9 Å². The Balaban J connectivity index is 1.23. The minimum Gasteiger partial charge on any atom is -0.492 e. The van der Waals surface area contributed by atoms with Gasteiger partial charge in [0.05, 0.1) is 0 Å². The molecule has 2 aromatic rings. The summed E-state index contributed by atoms with van der Waals surface area (Å²) >= 11 is 0. The second-order valence-electron chi connectivity index (χ2n) is 9.39. The third-order valence-corrected chi connectivity index (χ3v) is 6.72. The SMILES string of the molecule is CC1CC1C(=O)Nc1cccc(C(=O)NCc2cccc(OCCN(C)C3CCOCC3)c2)c1. The lowest BCUT2D eigenvalue weighted by molar-refractivity contribution is -0.117. The fourth-order valence-corrected chi connectivity index (χ4v) is 4.31. The van der Waals surface area contributed by atoms with Gasteiger partial charge in [0.15, 0.2) is 0 Å². The molecule has 7 nitrogen and oxygen atoms in total. The molecular weight excluding hydrogens is 430 g/mol. The summed E-state index contributed by atoms with van der Waals surface area (Å²) in [5.74, 6) is 1.18. The summed E-state index contributed by atoms with van der Waals surface area (Å²) in [5, 5.41) is 5.87. The molecule has 1 aliphatic heterocycles. The quantitative estimate of drug-likeness (QED) is 0.559. The van der Waals surface area contributed by atoms with Gasteiger partial charge in [0.25, 0.3) is 5.91 Å². The van der Waals surface area contributed by atoms with E-state index in [1.54, 1.807) is 18.2 Å². The van der Waals surface area contributed by atoms with E-state index in [2.05, 4.69) is 29.5 Å². The molecule has 2 atom stereocenters. The summed E-state index contributed by atoms with van der Waals surface area (Å²) in [6.45, 7) is 5.61. The fourth-order valence-electron chi connectivity index (χ4n) is 4.31. The van der Waals surface area contributed by atoms with Gasteiger partial charge >= 0.3 is 0 Å². The van der Waals surface area contributed by atoms with Crippen LogP contribution in [-0.2, 0) is 16.1 Å². The van der Waals surface area contributed by atoms with Crippen molar-refractivity contribution < 1.29 is 19.1 Å². The predicted octanol–water partition coefficient (Wildman–Crippen LogP) is 3.70. The zero-order chi connectivity index (χ0) is 23.9. The molecule has 0 radical (unpaired) electrons. The largest absolute Gasteiger partial charge is 0.492 e. The molecule has 2 aliphatic rings. The predicted molar refractivity (Wildman–Crippen MR) is 132 cm³/mol. The summed E-state index contributed by atoms with van der Waals surface area (Å²) in [4.78, 5) is 27.2. The van der Waals surface area contributed by atoms with Crippen molar-refractivity contribution in [3.8, 4) is 5.75 Å². The molecule has 2 fully saturated rings. The number of hydrogen-bond acceptors (Lipinski definition) is 5. The summed E-state index contributed by atoms with van der Waals surface area (Å²) in [6, 6.07) is 15.4. The normalized spacial score (nSPS) is 20.1. The lowest BCUT2D eigenvalue weighted by Gasteiger charge is -2.31. The van der Waals surface area contributed by atoms with Crippen LogP contribution in [0.4, 0.5) is 5.69 Å². The number of benzene rings is 2. The zero-order valence-electron chi connectivity index (χ0n) is 20.1. The summed E-state index contributed by atoms with van der Waals surface area (Å²) < 4.78 is 11.4. The molecule has 182 valence electrons. The number of amides is 2. The van der Waals surface area contributed by atoms with Crippen LogP contribution in [0.1, 0.15) is 42.1 Å². The Labute approximate surface area is 201 Å². The summed E-state index contributed by atoms with van der Waals surface area (Å²) in [5.41, 5.74) is 2.14. The van der Waals surface area contributed by atoms with E-state index in [-0.39, 0.29) is 17.7 Å². The average molecular weight is 466 g/mol. The van der Waals surface area contributed by atoms with Crippen molar-refractivity contribution in [2.75, 3.05) is 38.7 Å². The van der Waals surface area contributed by atoms with Gasteiger partial charge in [0.2, 0.25) is 5.91 Å². The van der Waals surface area contributed by atoms with E-state index in [1.807, 2.05) is 30.3 Å². The molecule has 4 rings (SSSR count). The standard InChI is InChI=1S/C27H35N3O4/c1-19-15-25(19)27(32)29-22-7-4-6-21(17-22)26(31)28-18-20-5-3-8-24(16-20)34-14-11-30(2)23-9-12-33-13-10-23/h3-8,16-17,19,23,25H,9-15,18H2,1-2H3,(H,28,31)(H,29,32). The fraction of sp³-hybridized carbons (Fsp3) is 0.481. The van der Waals surface area contributed by atoms with Gasteiger partial charge in [-0.25, -0.2) is 0 Å². The monoisotopic (exact) mass is 465 g/mol. The van der Waals surface area contributed by atoms with Crippen LogP contribution in [0.15, 0.2) is 48.5 Å². The number of carbonyl (C=O) groups is 2. The lowest BCUT2D eigenvalue weighted by atomic mass is 10.1. The minimum absolute atomic E-state index is 0.0285. The number of ether oxygens (including phenoxy) is 2. The first-order chi connectivity index (χ1) is 16.5. The maximum Gasteiger partial charge on any atom is 0.251 e. The van der Waals surface area contributed by atoms with Crippen LogP contribution in [0.3, 0.4) is 0 Å². The van der Waals surface area contributed by atoms with Crippen LogP contribution < -0.4 is 15.4 Å². The smallest absolute Gasteiger partial charge is 0.251 e. The Morgan fingerprint density at radius 3 is 2.65 bits per heavy atom. The maximum absolute atomic E-state index is 12.7. The molecule has 1 heterocycles. The highest BCUT2D eigenvalue weighted by molar-refractivity contribution is 5.98.